The highest BCUT2D eigenvalue weighted by molar-refractivity contribution is 6.32. The van der Waals surface area contributed by atoms with E-state index in [1.165, 1.54) is 24.4 Å². The number of Topliss-reactive ketones (excluding diaryl/α,β-unsaturated/α-hetero) is 1. The molecule has 1 aliphatic heterocycles. The lowest BCUT2D eigenvalue weighted by molar-refractivity contribution is -0.171. The van der Waals surface area contributed by atoms with Crippen LogP contribution in [-0.2, 0) is 4.74 Å². The molecule has 1 fully saturated rings. The molecule has 0 spiro atoms. The number of nitrogens with zero attached hydrogens (tertiary/aromatic N) is 6. The zero-order valence-corrected chi connectivity index (χ0v) is 34.5. The topological polar surface area (TPSA) is 181 Å². The molecule has 12 nitrogen and oxygen atoms in total. The van der Waals surface area contributed by atoms with Gasteiger partial charge < -0.3 is 19.3 Å². The Bertz CT molecular complexity index is 2610. The largest absolute Gasteiger partial charge is 0.478 e. The molecule has 0 radical (unpaired) electrons. The third-order valence-electron chi connectivity index (χ3n) is 9.53. The van der Waals surface area contributed by atoms with Crippen LogP contribution in [0.1, 0.15) is 78.8 Å². The van der Waals surface area contributed by atoms with Gasteiger partial charge in [-0.15, -0.1) is 0 Å². The first-order valence-corrected chi connectivity index (χ1v) is 19.4. The van der Waals surface area contributed by atoms with Crippen molar-refractivity contribution in [1.29, 1.82) is 10.5 Å². The summed E-state index contributed by atoms with van der Waals surface area (Å²) >= 11 is 12.6. The summed E-state index contributed by atoms with van der Waals surface area (Å²) in [4.78, 5) is 24.0. The van der Waals surface area contributed by atoms with Crippen molar-refractivity contribution in [3.05, 3.63) is 142 Å². The number of benzene rings is 4. The lowest BCUT2D eigenvalue weighted by Crippen LogP contribution is -2.45. The molecule has 0 amide bonds. The molecule has 1 N–H and O–H groups in total. The highest BCUT2D eigenvalue weighted by Crippen LogP contribution is 2.41. The van der Waals surface area contributed by atoms with Crippen LogP contribution in [0.4, 0.5) is 0 Å². The number of ketones is 1. The number of halogens is 2. The molecule has 0 saturated carbocycles. The molecule has 1 aliphatic rings. The van der Waals surface area contributed by atoms with E-state index in [9.17, 15) is 20.1 Å². The number of hydrogen-bond acceptors (Lipinski definition) is 11. The number of aromatic carboxylic acids is 1. The Morgan fingerprint density at radius 2 is 1.17 bits per heavy atom. The van der Waals surface area contributed by atoms with Crippen molar-refractivity contribution < 1.29 is 28.9 Å². The quantitative estimate of drug-likeness (QED) is 0.129. The molecular formula is C46H38Cl2N6O6. The van der Waals surface area contributed by atoms with E-state index >= 15 is 0 Å². The number of nitriles is 2. The number of carbonyl (C=O) groups is 2. The number of carboxylic acids is 1. The molecule has 0 aliphatic carbocycles. The van der Waals surface area contributed by atoms with Crippen LogP contribution in [0.25, 0.3) is 22.3 Å². The Balaban J connectivity index is 0.000000213. The van der Waals surface area contributed by atoms with Gasteiger partial charge in [-0.05, 0) is 107 Å². The van der Waals surface area contributed by atoms with Gasteiger partial charge >= 0.3 is 5.97 Å². The number of carboxylic acid groups (broad SMARTS) is 1. The third-order valence-corrected chi connectivity index (χ3v) is 10.1. The second-order valence-electron chi connectivity index (χ2n) is 15.2. The molecule has 302 valence electrons. The van der Waals surface area contributed by atoms with E-state index < -0.39 is 5.97 Å². The summed E-state index contributed by atoms with van der Waals surface area (Å²) in [5.74, 6) is 0.502. The Morgan fingerprint density at radius 1 is 0.700 bits per heavy atom. The summed E-state index contributed by atoms with van der Waals surface area (Å²) < 4.78 is 17.9. The molecule has 1 saturated heterocycles. The fourth-order valence-electron chi connectivity index (χ4n) is 7.37. The highest BCUT2D eigenvalue weighted by atomic mass is 35.5. The number of aromatic nitrogens is 4. The van der Waals surface area contributed by atoms with E-state index in [0.29, 0.717) is 56.5 Å². The smallest absolute Gasteiger partial charge is 0.335 e. The summed E-state index contributed by atoms with van der Waals surface area (Å²) in [5, 5.41) is 44.0. The van der Waals surface area contributed by atoms with Gasteiger partial charge in [-0.2, -0.15) is 30.9 Å². The summed E-state index contributed by atoms with van der Waals surface area (Å²) in [6, 6.07) is 27.5. The summed E-state index contributed by atoms with van der Waals surface area (Å²) in [5.41, 5.74) is 3.56. The Hall–Kier alpha value is -6.70. The van der Waals surface area contributed by atoms with Crippen molar-refractivity contribution in [2.75, 3.05) is 0 Å². The maximum Gasteiger partial charge on any atom is 0.335 e. The molecule has 4 aromatic carbocycles. The first-order chi connectivity index (χ1) is 28.7. The van der Waals surface area contributed by atoms with Crippen molar-refractivity contribution in [2.45, 2.75) is 58.2 Å². The number of hydrogen-bond donors (Lipinski definition) is 1. The number of ether oxygens (including phenoxy) is 3. The number of carbonyl (C=O) groups excluding carboxylic acids is 1. The Kier molecular flexibility index (Phi) is 13.2. The van der Waals surface area contributed by atoms with Gasteiger partial charge in [-0.1, -0.05) is 47.5 Å². The van der Waals surface area contributed by atoms with Crippen LogP contribution < -0.4 is 9.47 Å². The molecule has 0 atom stereocenters. The lowest BCUT2D eigenvalue weighted by atomic mass is 9.78. The zero-order chi connectivity index (χ0) is 43.0. The minimum absolute atomic E-state index is 0.0434. The van der Waals surface area contributed by atoms with Gasteiger partial charge in [0.05, 0.1) is 51.6 Å². The molecule has 0 unspecified atom stereocenters. The van der Waals surface area contributed by atoms with Crippen LogP contribution in [0.3, 0.4) is 0 Å². The van der Waals surface area contributed by atoms with Gasteiger partial charge in [-0.25, -0.2) is 4.79 Å². The first kappa shape index (κ1) is 42.9. The third kappa shape index (κ3) is 10.5. The van der Waals surface area contributed by atoms with Crippen molar-refractivity contribution in [3.8, 4) is 57.4 Å². The average Bonchev–Trinajstić information content (AvgIpc) is 3.21. The van der Waals surface area contributed by atoms with E-state index in [2.05, 4.69) is 60.2 Å². The van der Waals surface area contributed by atoms with Gasteiger partial charge in [0, 0.05) is 34.2 Å². The molecule has 7 rings (SSSR count). The maximum atomic E-state index is 13.1. The van der Waals surface area contributed by atoms with Crippen molar-refractivity contribution >= 4 is 35.0 Å². The maximum absolute atomic E-state index is 13.1. The van der Waals surface area contributed by atoms with Crippen LogP contribution in [-0.4, -0.2) is 48.5 Å². The summed E-state index contributed by atoms with van der Waals surface area (Å²) in [6.07, 6.45) is 8.34. The predicted octanol–water partition coefficient (Wildman–Crippen LogP) is 11.2. The monoisotopic (exact) mass is 840 g/mol. The Labute approximate surface area is 356 Å². The fourth-order valence-corrected chi connectivity index (χ4v) is 7.81. The normalized spacial score (nSPS) is 14.1. The van der Waals surface area contributed by atoms with Gasteiger partial charge in [0.1, 0.15) is 46.3 Å². The van der Waals surface area contributed by atoms with Crippen molar-refractivity contribution in [2.24, 2.45) is 5.92 Å². The van der Waals surface area contributed by atoms with E-state index in [-0.39, 0.29) is 39.2 Å². The minimum Gasteiger partial charge on any atom is -0.478 e. The van der Waals surface area contributed by atoms with Crippen LogP contribution in [0.5, 0.6) is 23.0 Å². The Morgan fingerprint density at radius 3 is 1.58 bits per heavy atom. The van der Waals surface area contributed by atoms with Crippen LogP contribution >= 0.6 is 23.2 Å². The molecule has 2 aromatic heterocycles. The second kappa shape index (κ2) is 18.5. The molecule has 3 heterocycles. The van der Waals surface area contributed by atoms with E-state index in [1.807, 2.05) is 6.07 Å². The van der Waals surface area contributed by atoms with Gasteiger partial charge in [0.15, 0.2) is 5.78 Å². The van der Waals surface area contributed by atoms with Crippen molar-refractivity contribution in [3.63, 3.8) is 0 Å². The second-order valence-corrected chi connectivity index (χ2v) is 16.0. The predicted molar refractivity (Wildman–Crippen MR) is 225 cm³/mol. The molecular weight excluding hydrogens is 803 g/mol. The SMILES string of the molecule is CC1(C)CC(CC(=O)c2ccc(Oc3cccc(-c4ccnnc4)c3C#N)c(Cl)c2)CC(C)(C)O1.N#Cc1c(Oc2ccc(C(=O)O)cc2Cl)cccc1-c1ccnnc1. The lowest BCUT2D eigenvalue weighted by Gasteiger charge is -2.45. The molecule has 6 aromatic rings. The minimum atomic E-state index is -1.08. The highest BCUT2D eigenvalue weighted by Gasteiger charge is 2.40. The van der Waals surface area contributed by atoms with Crippen LogP contribution in [0, 0.1) is 28.6 Å². The van der Waals surface area contributed by atoms with Gasteiger partial charge in [-0.3, -0.25) is 4.79 Å². The van der Waals surface area contributed by atoms with Crippen LogP contribution in [0.2, 0.25) is 10.0 Å². The summed E-state index contributed by atoms with van der Waals surface area (Å²) in [6.45, 7) is 8.29. The zero-order valence-electron chi connectivity index (χ0n) is 33.0. The van der Waals surface area contributed by atoms with Crippen molar-refractivity contribution in [1.82, 2.24) is 20.4 Å². The molecule has 60 heavy (non-hydrogen) atoms. The van der Waals surface area contributed by atoms with Gasteiger partial charge in [0.2, 0.25) is 0 Å². The molecule has 0 bridgehead atoms. The fraction of sp³-hybridized carbons (Fsp3) is 0.217. The van der Waals surface area contributed by atoms with Gasteiger partial charge in [0.25, 0.3) is 0 Å². The number of rotatable bonds is 10. The van der Waals surface area contributed by atoms with Crippen LogP contribution in [0.15, 0.2) is 110 Å². The first-order valence-electron chi connectivity index (χ1n) is 18.7. The van der Waals surface area contributed by atoms with E-state index in [1.54, 1.807) is 79.3 Å². The van der Waals surface area contributed by atoms with E-state index in [0.717, 1.165) is 24.0 Å². The average molecular weight is 842 g/mol. The summed E-state index contributed by atoms with van der Waals surface area (Å²) in [7, 11) is 0. The standard InChI is InChI=1S/C28H28ClN3O3.C18H10ClN3O3/c1-27(2)14-18(15-28(3,4)35-27)12-24(33)19-8-9-26(23(29)13-19)34-25-7-5-6-21(22(25)16-30)20-10-11-31-32-17-20;19-15-8-11(18(23)24)4-5-17(15)25-16-3-1-2-13(14(16)9-20)12-6-7-21-22-10-12/h5-11,13,17-18H,12,14-15H2,1-4H3;1-8,10H,(H,23,24). The molecule has 14 heteroatoms. The van der Waals surface area contributed by atoms with E-state index in [4.69, 9.17) is 42.5 Å².